The third-order valence-electron chi connectivity index (χ3n) is 3.36. The van der Waals surface area contributed by atoms with Gasteiger partial charge in [0.05, 0.1) is 6.54 Å². The van der Waals surface area contributed by atoms with Crippen molar-refractivity contribution >= 4 is 5.91 Å². The minimum absolute atomic E-state index is 0.225. The van der Waals surface area contributed by atoms with E-state index < -0.39 is 0 Å². The van der Waals surface area contributed by atoms with E-state index in [4.69, 9.17) is 5.73 Å². The number of nitrogens with zero attached hydrogens (tertiary/aromatic N) is 2. The van der Waals surface area contributed by atoms with Crippen LogP contribution in [0.3, 0.4) is 0 Å². The number of hydrogen-bond acceptors (Lipinski definition) is 3. The van der Waals surface area contributed by atoms with E-state index in [0.29, 0.717) is 13.1 Å². The van der Waals surface area contributed by atoms with Gasteiger partial charge in [0.25, 0.3) is 0 Å². The number of piperidine rings is 1. The minimum Gasteiger partial charge on any atom is -0.345 e. The van der Waals surface area contributed by atoms with E-state index >= 15 is 0 Å². The fraction of sp³-hybridized carbons (Fsp3) is 0.917. The zero-order valence-corrected chi connectivity index (χ0v) is 10.6. The number of hydrogen-bond donors (Lipinski definition) is 1. The molecular formula is C12H25N3O. The quantitative estimate of drug-likeness (QED) is 0.745. The molecule has 1 fully saturated rings. The number of carbonyl (C=O) groups excluding carboxylic acids is 1. The number of amides is 1. The summed E-state index contributed by atoms with van der Waals surface area (Å²) in [5, 5.41) is 0. The molecular weight excluding hydrogens is 202 g/mol. The average molecular weight is 227 g/mol. The fourth-order valence-electron chi connectivity index (χ4n) is 1.99. The molecule has 0 atom stereocenters. The van der Waals surface area contributed by atoms with Gasteiger partial charge in [-0.05, 0) is 44.8 Å². The van der Waals surface area contributed by atoms with Crippen molar-refractivity contribution in [1.29, 1.82) is 0 Å². The van der Waals surface area contributed by atoms with Gasteiger partial charge in [0.15, 0.2) is 0 Å². The highest BCUT2D eigenvalue weighted by Crippen LogP contribution is 2.15. The Kier molecular flexibility index (Phi) is 5.77. The SMILES string of the molecule is CC1CCN(CC(=O)N(C)CCCN)CC1. The lowest BCUT2D eigenvalue weighted by Crippen LogP contribution is -2.42. The first-order chi connectivity index (χ1) is 7.63. The minimum atomic E-state index is 0.225. The number of likely N-dealkylation sites (tertiary alicyclic amines) is 1. The standard InChI is InChI=1S/C12H25N3O/c1-11-4-8-15(9-5-11)10-12(16)14(2)7-3-6-13/h11H,3-10,13H2,1-2H3. The second-order valence-corrected chi connectivity index (χ2v) is 4.92. The Morgan fingerprint density at radius 1 is 1.44 bits per heavy atom. The second kappa shape index (κ2) is 6.86. The van der Waals surface area contributed by atoms with Crippen molar-refractivity contribution in [1.82, 2.24) is 9.80 Å². The van der Waals surface area contributed by atoms with Crippen LogP contribution in [-0.4, -0.2) is 55.5 Å². The first-order valence-electron chi connectivity index (χ1n) is 6.30. The fourth-order valence-corrected chi connectivity index (χ4v) is 1.99. The Morgan fingerprint density at radius 2 is 2.06 bits per heavy atom. The lowest BCUT2D eigenvalue weighted by molar-refractivity contribution is -0.131. The maximum absolute atomic E-state index is 11.8. The van der Waals surface area contributed by atoms with Crippen molar-refractivity contribution in [2.75, 3.05) is 39.8 Å². The van der Waals surface area contributed by atoms with E-state index in [2.05, 4.69) is 11.8 Å². The molecule has 1 amide bonds. The Balaban J connectivity index is 2.22. The average Bonchev–Trinajstić information content (AvgIpc) is 2.29. The molecule has 4 nitrogen and oxygen atoms in total. The largest absolute Gasteiger partial charge is 0.345 e. The molecule has 0 bridgehead atoms. The molecule has 1 heterocycles. The highest BCUT2D eigenvalue weighted by atomic mass is 16.2. The number of rotatable bonds is 5. The monoisotopic (exact) mass is 227 g/mol. The van der Waals surface area contributed by atoms with E-state index in [1.807, 2.05) is 7.05 Å². The van der Waals surface area contributed by atoms with E-state index in [1.165, 1.54) is 12.8 Å². The third kappa shape index (κ3) is 4.49. The summed E-state index contributed by atoms with van der Waals surface area (Å²) in [6, 6.07) is 0. The Labute approximate surface area is 98.8 Å². The molecule has 1 aliphatic heterocycles. The Morgan fingerprint density at radius 3 is 2.62 bits per heavy atom. The van der Waals surface area contributed by atoms with Gasteiger partial charge >= 0.3 is 0 Å². The predicted octanol–water partition coefficient (Wildman–Crippen LogP) is 0.526. The van der Waals surface area contributed by atoms with Crippen LogP contribution in [-0.2, 0) is 4.79 Å². The first kappa shape index (κ1) is 13.5. The topological polar surface area (TPSA) is 49.6 Å². The molecule has 0 aromatic rings. The summed E-state index contributed by atoms with van der Waals surface area (Å²) in [5.41, 5.74) is 5.43. The van der Waals surface area contributed by atoms with Crippen LogP contribution >= 0.6 is 0 Å². The van der Waals surface area contributed by atoms with Crippen molar-refractivity contribution < 1.29 is 4.79 Å². The molecule has 0 unspecified atom stereocenters. The molecule has 4 heteroatoms. The van der Waals surface area contributed by atoms with E-state index in [0.717, 1.165) is 32.0 Å². The van der Waals surface area contributed by atoms with Gasteiger partial charge in [-0.1, -0.05) is 6.92 Å². The summed E-state index contributed by atoms with van der Waals surface area (Å²) in [6.45, 7) is 6.42. The second-order valence-electron chi connectivity index (χ2n) is 4.92. The maximum Gasteiger partial charge on any atom is 0.236 e. The predicted molar refractivity (Wildman–Crippen MR) is 66.1 cm³/mol. The zero-order chi connectivity index (χ0) is 12.0. The molecule has 1 saturated heterocycles. The van der Waals surface area contributed by atoms with Crippen LogP contribution in [0.15, 0.2) is 0 Å². The third-order valence-corrected chi connectivity index (χ3v) is 3.36. The van der Waals surface area contributed by atoms with Gasteiger partial charge in [-0.3, -0.25) is 9.69 Å². The molecule has 94 valence electrons. The highest BCUT2D eigenvalue weighted by Gasteiger charge is 2.19. The van der Waals surface area contributed by atoms with Crippen molar-refractivity contribution in [2.24, 2.45) is 11.7 Å². The van der Waals surface area contributed by atoms with Crippen molar-refractivity contribution in [2.45, 2.75) is 26.2 Å². The van der Waals surface area contributed by atoms with Crippen LogP contribution in [0, 0.1) is 5.92 Å². The smallest absolute Gasteiger partial charge is 0.236 e. The molecule has 1 aliphatic rings. The summed E-state index contributed by atoms with van der Waals surface area (Å²) in [4.78, 5) is 15.9. The van der Waals surface area contributed by atoms with E-state index in [1.54, 1.807) is 4.90 Å². The van der Waals surface area contributed by atoms with Gasteiger partial charge in [-0.15, -0.1) is 0 Å². The van der Waals surface area contributed by atoms with Crippen molar-refractivity contribution in [3.05, 3.63) is 0 Å². The van der Waals surface area contributed by atoms with Gasteiger partial charge in [-0.25, -0.2) is 0 Å². The van der Waals surface area contributed by atoms with Crippen LogP contribution in [0.2, 0.25) is 0 Å². The molecule has 0 spiro atoms. The summed E-state index contributed by atoms with van der Waals surface area (Å²) in [7, 11) is 1.87. The Hall–Kier alpha value is -0.610. The van der Waals surface area contributed by atoms with Gasteiger partial charge < -0.3 is 10.6 Å². The number of carbonyl (C=O) groups is 1. The van der Waals surface area contributed by atoms with E-state index in [9.17, 15) is 4.79 Å². The summed E-state index contributed by atoms with van der Waals surface area (Å²) < 4.78 is 0. The molecule has 2 N–H and O–H groups in total. The van der Waals surface area contributed by atoms with Crippen LogP contribution in [0.1, 0.15) is 26.2 Å². The number of likely N-dealkylation sites (N-methyl/N-ethyl adjacent to an activating group) is 1. The van der Waals surface area contributed by atoms with Gasteiger partial charge in [0.2, 0.25) is 5.91 Å². The van der Waals surface area contributed by atoms with Gasteiger partial charge in [-0.2, -0.15) is 0 Å². The zero-order valence-electron chi connectivity index (χ0n) is 10.6. The molecule has 1 rings (SSSR count). The Bertz CT molecular complexity index is 212. The van der Waals surface area contributed by atoms with Crippen LogP contribution in [0.25, 0.3) is 0 Å². The lowest BCUT2D eigenvalue weighted by Gasteiger charge is -2.30. The van der Waals surface area contributed by atoms with Crippen LogP contribution < -0.4 is 5.73 Å². The molecule has 0 aliphatic carbocycles. The summed E-state index contributed by atoms with van der Waals surface area (Å²) in [5.74, 6) is 1.05. The van der Waals surface area contributed by atoms with Gasteiger partial charge in [0, 0.05) is 13.6 Å². The maximum atomic E-state index is 11.8. The summed E-state index contributed by atoms with van der Waals surface area (Å²) in [6.07, 6.45) is 3.33. The van der Waals surface area contributed by atoms with Crippen molar-refractivity contribution in [3.8, 4) is 0 Å². The normalized spacial score (nSPS) is 18.7. The molecule has 0 aromatic heterocycles. The summed E-state index contributed by atoms with van der Waals surface area (Å²) >= 11 is 0. The highest BCUT2D eigenvalue weighted by molar-refractivity contribution is 5.77. The molecule has 0 radical (unpaired) electrons. The van der Waals surface area contributed by atoms with Gasteiger partial charge in [0.1, 0.15) is 0 Å². The van der Waals surface area contributed by atoms with Crippen molar-refractivity contribution in [3.63, 3.8) is 0 Å². The van der Waals surface area contributed by atoms with Crippen LogP contribution in [0.5, 0.6) is 0 Å². The van der Waals surface area contributed by atoms with E-state index in [-0.39, 0.29) is 5.91 Å². The molecule has 16 heavy (non-hydrogen) atoms. The first-order valence-corrected chi connectivity index (χ1v) is 6.30. The molecule has 0 aromatic carbocycles. The number of nitrogens with two attached hydrogens (primary N) is 1. The van der Waals surface area contributed by atoms with Crippen LogP contribution in [0.4, 0.5) is 0 Å². The lowest BCUT2D eigenvalue weighted by atomic mass is 9.99. The molecule has 0 saturated carbocycles.